The Hall–Kier alpha value is -2.89. The van der Waals surface area contributed by atoms with Gasteiger partial charge >= 0.3 is 0 Å². The third kappa shape index (κ3) is 5.29. The molecule has 5 nitrogen and oxygen atoms in total. The van der Waals surface area contributed by atoms with E-state index in [0.29, 0.717) is 13.1 Å². The molecule has 0 aromatic heterocycles. The molecule has 27 heavy (non-hydrogen) atoms. The summed E-state index contributed by atoms with van der Waals surface area (Å²) in [5, 5.41) is 6.18. The third-order valence-electron chi connectivity index (χ3n) is 4.65. The van der Waals surface area contributed by atoms with Gasteiger partial charge in [0, 0.05) is 33.2 Å². The normalized spacial score (nSPS) is 13.9. The summed E-state index contributed by atoms with van der Waals surface area (Å²) in [6, 6.07) is 14.5. The van der Waals surface area contributed by atoms with E-state index in [2.05, 4.69) is 44.8 Å². The van der Waals surface area contributed by atoms with Gasteiger partial charge in [-0.15, -0.1) is 0 Å². The molecule has 1 aliphatic heterocycles. The van der Waals surface area contributed by atoms with Crippen molar-refractivity contribution in [2.45, 2.75) is 19.4 Å². The second kappa shape index (κ2) is 9.16. The SMILES string of the molecule is CN=C(NCCNC(=O)Cc1ccc(F)cc1)N1CCc2ccccc2C1. The fourth-order valence-corrected chi connectivity index (χ4v) is 3.24. The number of nitrogens with one attached hydrogen (secondary N) is 2. The molecule has 0 atom stereocenters. The van der Waals surface area contributed by atoms with E-state index >= 15 is 0 Å². The van der Waals surface area contributed by atoms with Crippen molar-refractivity contribution in [3.63, 3.8) is 0 Å². The first kappa shape index (κ1) is 18.9. The zero-order valence-corrected chi connectivity index (χ0v) is 15.5. The Labute approximate surface area is 159 Å². The fraction of sp³-hybridized carbons (Fsp3) is 0.333. The van der Waals surface area contributed by atoms with Gasteiger partial charge in [0.1, 0.15) is 5.82 Å². The quantitative estimate of drug-likeness (QED) is 0.483. The van der Waals surface area contributed by atoms with E-state index in [9.17, 15) is 9.18 Å². The highest BCUT2D eigenvalue weighted by atomic mass is 19.1. The summed E-state index contributed by atoms with van der Waals surface area (Å²) in [5.41, 5.74) is 3.53. The smallest absolute Gasteiger partial charge is 0.224 e. The Morgan fingerprint density at radius 1 is 1.07 bits per heavy atom. The first-order chi connectivity index (χ1) is 13.2. The number of benzene rings is 2. The average molecular weight is 368 g/mol. The predicted octanol–water partition coefficient (Wildman–Crippen LogP) is 2.12. The standard InChI is InChI=1S/C21H25FN4O/c1-23-21(26-13-10-17-4-2-3-5-18(17)15-26)25-12-11-24-20(27)14-16-6-8-19(22)9-7-16/h2-9H,10-15H2,1H3,(H,23,25)(H,24,27). The maximum absolute atomic E-state index is 12.9. The maximum Gasteiger partial charge on any atom is 0.224 e. The lowest BCUT2D eigenvalue weighted by Crippen LogP contribution is -2.46. The number of carbonyl (C=O) groups is 1. The minimum absolute atomic E-state index is 0.0784. The topological polar surface area (TPSA) is 56.7 Å². The van der Waals surface area contributed by atoms with Crippen LogP contribution in [-0.4, -0.2) is 43.4 Å². The molecule has 2 N–H and O–H groups in total. The molecule has 0 radical (unpaired) electrons. The van der Waals surface area contributed by atoms with E-state index < -0.39 is 0 Å². The van der Waals surface area contributed by atoms with Crippen LogP contribution in [0.5, 0.6) is 0 Å². The minimum Gasteiger partial charge on any atom is -0.354 e. The number of hydrogen-bond acceptors (Lipinski definition) is 2. The van der Waals surface area contributed by atoms with Gasteiger partial charge in [-0.05, 0) is 35.2 Å². The number of amides is 1. The fourth-order valence-electron chi connectivity index (χ4n) is 3.24. The van der Waals surface area contributed by atoms with Crippen molar-refractivity contribution in [1.82, 2.24) is 15.5 Å². The number of rotatable bonds is 5. The molecule has 2 aromatic carbocycles. The molecule has 0 bridgehead atoms. The van der Waals surface area contributed by atoms with Crippen LogP contribution in [0.4, 0.5) is 4.39 Å². The van der Waals surface area contributed by atoms with Crippen LogP contribution in [0.1, 0.15) is 16.7 Å². The molecule has 0 saturated carbocycles. The van der Waals surface area contributed by atoms with Crippen LogP contribution in [0.25, 0.3) is 0 Å². The van der Waals surface area contributed by atoms with E-state index in [4.69, 9.17) is 0 Å². The van der Waals surface area contributed by atoms with Crippen molar-refractivity contribution in [1.29, 1.82) is 0 Å². The van der Waals surface area contributed by atoms with Gasteiger partial charge in [-0.1, -0.05) is 36.4 Å². The lowest BCUT2D eigenvalue weighted by Gasteiger charge is -2.31. The van der Waals surface area contributed by atoms with Crippen LogP contribution in [0, 0.1) is 5.82 Å². The summed E-state index contributed by atoms with van der Waals surface area (Å²) < 4.78 is 12.9. The molecular formula is C21H25FN4O. The molecule has 0 aliphatic carbocycles. The highest BCUT2D eigenvalue weighted by Crippen LogP contribution is 2.18. The van der Waals surface area contributed by atoms with Gasteiger partial charge in [0.2, 0.25) is 5.91 Å². The van der Waals surface area contributed by atoms with Gasteiger partial charge in [0.05, 0.1) is 6.42 Å². The zero-order valence-electron chi connectivity index (χ0n) is 15.5. The summed E-state index contributed by atoms with van der Waals surface area (Å²) in [6.45, 7) is 2.86. The number of fused-ring (bicyclic) bond motifs is 1. The average Bonchev–Trinajstić information content (AvgIpc) is 2.69. The summed E-state index contributed by atoms with van der Waals surface area (Å²) in [7, 11) is 1.77. The number of aliphatic imine (C=N–C) groups is 1. The van der Waals surface area contributed by atoms with Crippen molar-refractivity contribution in [3.8, 4) is 0 Å². The summed E-state index contributed by atoms with van der Waals surface area (Å²) in [6.07, 6.45) is 1.25. The van der Waals surface area contributed by atoms with Crippen LogP contribution in [0.3, 0.4) is 0 Å². The second-order valence-corrected chi connectivity index (χ2v) is 6.57. The van der Waals surface area contributed by atoms with Crippen molar-refractivity contribution >= 4 is 11.9 Å². The van der Waals surface area contributed by atoms with Gasteiger partial charge in [-0.2, -0.15) is 0 Å². The number of hydrogen-bond donors (Lipinski definition) is 2. The van der Waals surface area contributed by atoms with Crippen LogP contribution >= 0.6 is 0 Å². The zero-order chi connectivity index (χ0) is 19.1. The number of halogens is 1. The van der Waals surface area contributed by atoms with Gasteiger partial charge in [-0.25, -0.2) is 4.39 Å². The van der Waals surface area contributed by atoms with Gasteiger partial charge in [0.25, 0.3) is 0 Å². The molecule has 0 spiro atoms. The van der Waals surface area contributed by atoms with Crippen molar-refractivity contribution in [2.24, 2.45) is 4.99 Å². The molecule has 2 aromatic rings. The van der Waals surface area contributed by atoms with Crippen molar-refractivity contribution in [2.75, 3.05) is 26.7 Å². The molecule has 1 amide bonds. The highest BCUT2D eigenvalue weighted by molar-refractivity contribution is 5.80. The Bertz CT molecular complexity index is 804. The Morgan fingerprint density at radius 3 is 2.52 bits per heavy atom. The van der Waals surface area contributed by atoms with Crippen LogP contribution in [-0.2, 0) is 24.2 Å². The Morgan fingerprint density at radius 2 is 1.78 bits per heavy atom. The van der Waals surface area contributed by atoms with E-state index in [1.54, 1.807) is 19.2 Å². The van der Waals surface area contributed by atoms with Crippen LogP contribution in [0.2, 0.25) is 0 Å². The largest absolute Gasteiger partial charge is 0.354 e. The molecule has 142 valence electrons. The Balaban J connectivity index is 1.41. The van der Waals surface area contributed by atoms with Gasteiger partial charge < -0.3 is 15.5 Å². The molecule has 6 heteroatoms. The van der Waals surface area contributed by atoms with E-state index in [0.717, 1.165) is 31.0 Å². The first-order valence-electron chi connectivity index (χ1n) is 9.19. The number of guanidine groups is 1. The summed E-state index contributed by atoms with van der Waals surface area (Å²) in [4.78, 5) is 18.6. The molecular weight excluding hydrogens is 343 g/mol. The second-order valence-electron chi connectivity index (χ2n) is 6.57. The molecule has 1 heterocycles. The third-order valence-corrected chi connectivity index (χ3v) is 4.65. The minimum atomic E-state index is -0.296. The van der Waals surface area contributed by atoms with E-state index in [1.165, 1.54) is 23.3 Å². The van der Waals surface area contributed by atoms with Gasteiger partial charge in [0.15, 0.2) is 5.96 Å². The number of carbonyl (C=O) groups excluding carboxylic acids is 1. The van der Waals surface area contributed by atoms with Gasteiger partial charge in [-0.3, -0.25) is 9.79 Å². The molecule has 0 fully saturated rings. The van der Waals surface area contributed by atoms with Crippen molar-refractivity contribution in [3.05, 3.63) is 71.0 Å². The van der Waals surface area contributed by atoms with E-state index in [1.807, 2.05) is 0 Å². The maximum atomic E-state index is 12.9. The lowest BCUT2D eigenvalue weighted by atomic mass is 10.0. The molecule has 1 aliphatic rings. The first-order valence-corrected chi connectivity index (χ1v) is 9.19. The summed E-state index contributed by atoms with van der Waals surface area (Å²) >= 11 is 0. The van der Waals surface area contributed by atoms with Crippen molar-refractivity contribution < 1.29 is 9.18 Å². The Kier molecular flexibility index (Phi) is 6.41. The highest BCUT2D eigenvalue weighted by Gasteiger charge is 2.18. The van der Waals surface area contributed by atoms with Crippen LogP contribution in [0.15, 0.2) is 53.5 Å². The molecule has 3 rings (SSSR count). The summed E-state index contributed by atoms with van der Waals surface area (Å²) in [5.74, 6) is 0.470. The number of nitrogens with zero attached hydrogens (tertiary/aromatic N) is 2. The van der Waals surface area contributed by atoms with Crippen LogP contribution < -0.4 is 10.6 Å². The van der Waals surface area contributed by atoms with E-state index in [-0.39, 0.29) is 18.1 Å². The molecule has 0 saturated heterocycles. The lowest BCUT2D eigenvalue weighted by molar-refractivity contribution is -0.120. The predicted molar refractivity (Wildman–Crippen MR) is 105 cm³/mol. The monoisotopic (exact) mass is 368 g/mol. The molecule has 0 unspecified atom stereocenters.